The molecule has 11 nitrogen and oxygen atoms in total. The van der Waals surface area contributed by atoms with Gasteiger partial charge in [-0.25, -0.2) is 4.98 Å². The van der Waals surface area contributed by atoms with E-state index < -0.39 is 75.7 Å². The van der Waals surface area contributed by atoms with Crippen LogP contribution >= 0.6 is 11.3 Å². The molecule has 0 radical (unpaired) electrons. The number of Topliss-reactive ketones (excluding diaryl/α,β-unsaturated/α-hetero) is 2. The molecule has 3 aliphatic carbocycles. The molecule has 44 heavy (non-hydrogen) atoms. The number of rotatable bonds is 6. The number of carbonyl (C=O) groups excluding carboxylic acids is 3. The number of ketones is 2. The number of hydrogen-bond donors (Lipinski definition) is 5. The van der Waals surface area contributed by atoms with E-state index in [9.17, 15) is 48.0 Å². The summed E-state index contributed by atoms with van der Waals surface area (Å²) >= 11 is 0.829. The van der Waals surface area contributed by atoms with Crippen LogP contribution in [0.15, 0.2) is 28.4 Å². The SMILES string of the molecule is CN(C)c1cc(CCc2nc(C(F)(F)F)cs2)c(O)c2c1CC1CC3C(N(C)C)C(=O)C(C(N)=O)=C(O)C3(O)C(=O)C1=C2O. The average Bonchev–Trinajstić information content (AvgIpc) is 3.39. The molecule has 0 aliphatic heterocycles. The molecule has 4 atom stereocenters. The zero-order chi connectivity index (χ0) is 32.6. The van der Waals surface area contributed by atoms with E-state index in [1.807, 2.05) is 0 Å². The van der Waals surface area contributed by atoms with E-state index in [4.69, 9.17) is 5.73 Å². The van der Waals surface area contributed by atoms with Crippen LogP contribution in [0.5, 0.6) is 5.75 Å². The molecule has 1 amide bonds. The monoisotopic (exact) mass is 636 g/mol. The molecule has 1 aromatic carbocycles. The Morgan fingerprint density at radius 3 is 2.36 bits per heavy atom. The van der Waals surface area contributed by atoms with Crippen LogP contribution in [0.2, 0.25) is 0 Å². The summed E-state index contributed by atoms with van der Waals surface area (Å²) in [5.41, 5.74) is 1.64. The molecule has 3 aliphatic rings. The summed E-state index contributed by atoms with van der Waals surface area (Å²) < 4.78 is 39.1. The predicted molar refractivity (Wildman–Crippen MR) is 153 cm³/mol. The first-order chi connectivity index (χ1) is 20.4. The number of likely N-dealkylation sites (N-methyl/N-ethyl adjacent to an activating group) is 1. The average molecular weight is 637 g/mol. The van der Waals surface area contributed by atoms with Crippen molar-refractivity contribution in [3.8, 4) is 5.75 Å². The summed E-state index contributed by atoms with van der Waals surface area (Å²) in [5.74, 6) is -7.44. The fraction of sp³-hybridized carbons (Fsp3) is 0.448. The summed E-state index contributed by atoms with van der Waals surface area (Å²) in [4.78, 5) is 46.2. The van der Waals surface area contributed by atoms with Gasteiger partial charge in [0, 0.05) is 43.1 Å². The number of halogens is 3. The Kier molecular flexibility index (Phi) is 7.58. The number of primary amides is 1. The molecule has 1 heterocycles. The van der Waals surface area contributed by atoms with Crippen molar-refractivity contribution in [2.45, 2.75) is 43.5 Å². The van der Waals surface area contributed by atoms with Gasteiger partial charge >= 0.3 is 6.18 Å². The Morgan fingerprint density at radius 2 is 1.82 bits per heavy atom. The number of amides is 1. The van der Waals surface area contributed by atoms with Crippen LogP contribution in [-0.2, 0) is 39.8 Å². The molecule has 0 spiro atoms. The largest absolute Gasteiger partial charge is 0.508 e. The highest BCUT2D eigenvalue weighted by Gasteiger charge is 2.64. The number of fused-ring (bicyclic) bond motifs is 3. The van der Waals surface area contributed by atoms with E-state index in [0.29, 0.717) is 11.3 Å². The minimum atomic E-state index is -4.59. The third-order valence-electron chi connectivity index (χ3n) is 8.71. The Labute approximate surface area is 253 Å². The number of aliphatic hydroxyl groups is 3. The van der Waals surface area contributed by atoms with E-state index in [-0.39, 0.29) is 47.4 Å². The number of anilines is 1. The highest BCUT2D eigenvalue weighted by atomic mass is 32.1. The number of benzene rings is 1. The van der Waals surface area contributed by atoms with Crippen LogP contribution in [0.1, 0.15) is 33.8 Å². The van der Waals surface area contributed by atoms with Crippen molar-refractivity contribution in [2.24, 2.45) is 17.6 Å². The molecule has 1 fully saturated rings. The van der Waals surface area contributed by atoms with Crippen LogP contribution in [0.3, 0.4) is 0 Å². The minimum absolute atomic E-state index is 0.0489. The number of phenols is 1. The molecule has 0 bridgehead atoms. The van der Waals surface area contributed by atoms with Crippen molar-refractivity contribution in [2.75, 3.05) is 33.1 Å². The number of nitrogens with two attached hydrogens (primary N) is 1. The highest BCUT2D eigenvalue weighted by molar-refractivity contribution is 7.09. The van der Waals surface area contributed by atoms with Gasteiger partial charge in [0.05, 0.1) is 16.6 Å². The molecule has 1 saturated carbocycles. The van der Waals surface area contributed by atoms with Crippen molar-refractivity contribution in [3.05, 3.63) is 55.7 Å². The number of aryl methyl sites for hydroxylation is 2. The lowest BCUT2D eigenvalue weighted by Crippen LogP contribution is -2.65. The first-order valence-corrected chi connectivity index (χ1v) is 14.5. The van der Waals surface area contributed by atoms with Gasteiger partial charge in [-0.2, -0.15) is 13.2 Å². The van der Waals surface area contributed by atoms with Crippen molar-refractivity contribution in [3.63, 3.8) is 0 Å². The van der Waals surface area contributed by atoms with Gasteiger partial charge in [-0.1, -0.05) is 0 Å². The number of phenolic OH excluding ortho intramolecular Hbond substituents is 1. The van der Waals surface area contributed by atoms with Crippen LogP contribution < -0.4 is 10.6 Å². The van der Waals surface area contributed by atoms with Crippen molar-refractivity contribution >= 4 is 40.3 Å². The topological polar surface area (TPSA) is 178 Å². The molecule has 2 aromatic rings. The van der Waals surface area contributed by atoms with Crippen LogP contribution in [0.4, 0.5) is 18.9 Å². The zero-order valence-corrected chi connectivity index (χ0v) is 25.0. The summed E-state index contributed by atoms with van der Waals surface area (Å²) in [7, 11) is 6.49. The maximum atomic E-state index is 14.1. The molecular weight excluding hydrogens is 605 g/mol. The Morgan fingerprint density at radius 1 is 1.16 bits per heavy atom. The van der Waals surface area contributed by atoms with Crippen molar-refractivity contribution in [1.82, 2.24) is 9.88 Å². The van der Waals surface area contributed by atoms with Gasteiger partial charge in [0.15, 0.2) is 17.1 Å². The lowest BCUT2D eigenvalue weighted by molar-refractivity contribution is -0.153. The van der Waals surface area contributed by atoms with Gasteiger partial charge in [0.2, 0.25) is 5.78 Å². The van der Waals surface area contributed by atoms with Gasteiger partial charge < -0.3 is 31.1 Å². The molecule has 5 rings (SSSR count). The number of thiazole rings is 1. The number of aromatic hydroxyl groups is 1. The maximum absolute atomic E-state index is 14.1. The summed E-state index contributed by atoms with van der Waals surface area (Å²) in [6, 6.07) is 0.465. The Balaban J connectivity index is 1.63. The lowest BCUT2D eigenvalue weighted by Gasteiger charge is -2.50. The quantitative estimate of drug-likeness (QED) is 0.296. The first-order valence-electron chi connectivity index (χ1n) is 13.6. The van der Waals surface area contributed by atoms with Gasteiger partial charge in [-0.05, 0) is 56.5 Å². The molecule has 0 saturated heterocycles. The summed E-state index contributed by atoms with van der Waals surface area (Å²) in [6.45, 7) is 0. The third kappa shape index (κ3) is 4.64. The second-order valence-corrected chi connectivity index (χ2v) is 12.7. The Bertz CT molecular complexity index is 1660. The summed E-state index contributed by atoms with van der Waals surface area (Å²) in [6.07, 6.45) is -4.43. The molecular formula is C29H31F3N4O7S. The lowest BCUT2D eigenvalue weighted by atomic mass is 9.57. The van der Waals surface area contributed by atoms with Gasteiger partial charge in [0.25, 0.3) is 5.91 Å². The fourth-order valence-electron chi connectivity index (χ4n) is 6.73. The van der Waals surface area contributed by atoms with E-state index in [1.165, 1.54) is 19.0 Å². The van der Waals surface area contributed by atoms with Gasteiger partial charge in [0.1, 0.15) is 22.8 Å². The number of nitrogens with zero attached hydrogens (tertiary/aromatic N) is 3. The van der Waals surface area contributed by atoms with Crippen LogP contribution in [0.25, 0.3) is 5.76 Å². The highest BCUT2D eigenvalue weighted by Crippen LogP contribution is 2.54. The van der Waals surface area contributed by atoms with E-state index in [0.717, 1.165) is 16.7 Å². The fourth-order valence-corrected chi connectivity index (χ4v) is 7.54. The zero-order valence-electron chi connectivity index (χ0n) is 24.2. The smallest absolute Gasteiger partial charge is 0.434 e. The number of hydrogen-bond acceptors (Lipinski definition) is 11. The number of carbonyl (C=O) groups is 3. The van der Waals surface area contributed by atoms with Gasteiger partial charge in [-0.15, -0.1) is 11.3 Å². The molecule has 4 unspecified atom stereocenters. The van der Waals surface area contributed by atoms with E-state index in [2.05, 4.69) is 4.98 Å². The normalized spacial score (nSPS) is 25.2. The predicted octanol–water partition coefficient (Wildman–Crippen LogP) is 2.29. The second-order valence-electron chi connectivity index (χ2n) is 11.7. The summed E-state index contributed by atoms with van der Waals surface area (Å²) in [5, 5.41) is 46.8. The minimum Gasteiger partial charge on any atom is -0.508 e. The maximum Gasteiger partial charge on any atom is 0.434 e. The number of aromatic nitrogens is 1. The molecule has 1 aromatic heterocycles. The molecule has 15 heteroatoms. The van der Waals surface area contributed by atoms with Crippen molar-refractivity contribution < 1.29 is 48.0 Å². The van der Waals surface area contributed by atoms with Crippen LogP contribution in [-0.4, -0.2) is 87.6 Å². The standard InChI is InChI=1S/C29H31F3N4O7S/c1-35(2)15-9-11(5-6-17-34-16(10-44-17)29(30,31)32)22(37)19-13(15)7-12-8-14-21(36(3)4)24(39)20(27(33)42)26(41)28(14,43)25(40)18(12)23(19)38/h9-10,12,14,21,37-38,41,43H,5-8H2,1-4H3,(H2,33,42). The molecule has 6 N–H and O–H groups in total. The van der Waals surface area contributed by atoms with E-state index in [1.54, 1.807) is 25.1 Å². The van der Waals surface area contributed by atoms with E-state index >= 15 is 0 Å². The Hall–Kier alpha value is -3.95. The number of aliphatic hydroxyl groups excluding tert-OH is 2. The third-order valence-corrected chi connectivity index (χ3v) is 9.62. The van der Waals surface area contributed by atoms with Gasteiger partial charge in [-0.3, -0.25) is 19.3 Å². The first kappa shape index (κ1) is 31.5. The van der Waals surface area contributed by atoms with Crippen molar-refractivity contribution in [1.29, 1.82) is 0 Å². The molecule has 236 valence electrons. The second kappa shape index (κ2) is 10.6. The van der Waals surface area contributed by atoms with Crippen LogP contribution in [0, 0.1) is 11.8 Å². The number of alkyl halides is 3.